The van der Waals surface area contributed by atoms with Gasteiger partial charge in [0.15, 0.2) is 5.78 Å². The van der Waals surface area contributed by atoms with Crippen molar-refractivity contribution < 1.29 is 14.7 Å². The van der Waals surface area contributed by atoms with E-state index in [-0.39, 0.29) is 5.78 Å². The summed E-state index contributed by atoms with van der Waals surface area (Å²) in [7, 11) is 0. The number of hydrogen-bond acceptors (Lipinski definition) is 2. The number of benzene rings is 2. The molecule has 2 aromatic rings. The second-order valence-electron chi connectivity index (χ2n) is 5.39. The summed E-state index contributed by atoms with van der Waals surface area (Å²) >= 11 is 0. The number of rotatable bonds is 3. The van der Waals surface area contributed by atoms with Gasteiger partial charge in [-0.1, -0.05) is 54.6 Å². The Labute approximate surface area is 123 Å². The highest BCUT2D eigenvalue weighted by Gasteiger charge is 2.38. The highest BCUT2D eigenvalue weighted by atomic mass is 16.4. The monoisotopic (exact) mass is 280 g/mol. The van der Waals surface area contributed by atoms with E-state index in [1.165, 1.54) is 0 Å². The van der Waals surface area contributed by atoms with Crippen LogP contribution in [0.15, 0.2) is 54.6 Å². The van der Waals surface area contributed by atoms with Crippen LogP contribution in [0.5, 0.6) is 0 Å². The average molecular weight is 280 g/mol. The molecule has 106 valence electrons. The summed E-state index contributed by atoms with van der Waals surface area (Å²) < 4.78 is 0. The first-order valence-corrected chi connectivity index (χ1v) is 7.08. The van der Waals surface area contributed by atoms with Gasteiger partial charge in [0, 0.05) is 11.5 Å². The third-order valence-corrected chi connectivity index (χ3v) is 4.17. The molecule has 0 bridgehead atoms. The maximum atomic E-state index is 12.7. The molecule has 21 heavy (non-hydrogen) atoms. The van der Waals surface area contributed by atoms with Crippen LogP contribution in [0.2, 0.25) is 0 Å². The van der Waals surface area contributed by atoms with Crippen LogP contribution in [-0.4, -0.2) is 16.9 Å². The van der Waals surface area contributed by atoms with Gasteiger partial charge < -0.3 is 5.11 Å². The molecule has 1 aliphatic rings. The van der Waals surface area contributed by atoms with Crippen molar-refractivity contribution in [2.24, 2.45) is 5.92 Å². The van der Waals surface area contributed by atoms with E-state index in [4.69, 9.17) is 0 Å². The average Bonchev–Trinajstić information content (AvgIpc) is 2.51. The normalized spacial score (nSPS) is 18.9. The van der Waals surface area contributed by atoms with Crippen molar-refractivity contribution in [3.05, 3.63) is 71.3 Å². The van der Waals surface area contributed by atoms with Crippen LogP contribution in [0.1, 0.15) is 33.8 Å². The predicted octanol–water partition coefficient (Wildman–Crippen LogP) is 3.30. The SMILES string of the molecule is O=C1c2ccccc2CCC1C(C(=O)O)c1ccccc1. The lowest BCUT2D eigenvalue weighted by atomic mass is 9.73. The van der Waals surface area contributed by atoms with Crippen LogP contribution in [0.25, 0.3) is 0 Å². The molecule has 0 radical (unpaired) electrons. The Kier molecular flexibility index (Phi) is 3.57. The van der Waals surface area contributed by atoms with Gasteiger partial charge in [-0.15, -0.1) is 0 Å². The van der Waals surface area contributed by atoms with Gasteiger partial charge in [-0.25, -0.2) is 0 Å². The number of fused-ring (bicyclic) bond motifs is 1. The number of carboxylic acid groups (broad SMARTS) is 1. The van der Waals surface area contributed by atoms with Gasteiger partial charge in [-0.2, -0.15) is 0 Å². The van der Waals surface area contributed by atoms with E-state index in [1.54, 1.807) is 18.2 Å². The Morgan fingerprint density at radius 2 is 1.71 bits per heavy atom. The van der Waals surface area contributed by atoms with Gasteiger partial charge >= 0.3 is 5.97 Å². The van der Waals surface area contributed by atoms with Crippen LogP contribution in [0, 0.1) is 5.92 Å². The zero-order valence-electron chi connectivity index (χ0n) is 11.5. The van der Waals surface area contributed by atoms with E-state index >= 15 is 0 Å². The summed E-state index contributed by atoms with van der Waals surface area (Å²) in [4.78, 5) is 24.4. The lowest BCUT2D eigenvalue weighted by Gasteiger charge is -2.28. The molecule has 2 unspecified atom stereocenters. The molecule has 3 rings (SSSR count). The minimum absolute atomic E-state index is 0.0481. The van der Waals surface area contributed by atoms with E-state index < -0.39 is 17.8 Å². The van der Waals surface area contributed by atoms with E-state index in [0.717, 1.165) is 12.0 Å². The molecule has 2 atom stereocenters. The zero-order chi connectivity index (χ0) is 14.8. The molecule has 0 aromatic heterocycles. The zero-order valence-corrected chi connectivity index (χ0v) is 11.5. The van der Waals surface area contributed by atoms with E-state index in [1.807, 2.05) is 36.4 Å². The van der Waals surface area contributed by atoms with Crippen LogP contribution >= 0.6 is 0 Å². The first-order chi connectivity index (χ1) is 10.2. The number of aliphatic carboxylic acids is 1. The summed E-state index contributed by atoms with van der Waals surface area (Å²) in [6.07, 6.45) is 1.34. The summed E-state index contributed by atoms with van der Waals surface area (Å²) in [6, 6.07) is 16.5. The molecule has 3 heteroatoms. The maximum absolute atomic E-state index is 12.7. The second kappa shape index (κ2) is 5.52. The predicted molar refractivity (Wildman–Crippen MR) is 79.4 cm³/mol. The van der Waals surface area contributed by atoms with Crippen molar-refractivity contribution in [2.45, 2.75) is 18.8 Å². The Morgan fingerprint density at radius 1 is 1.05 bits per heavy atom. The molecule has 1 aliphatic carbocycles. The number of Topliss-reactive ketones (excluding diaryl/α,β-unsaturated/α-hetero) is 1. The lowest BCUT2D eigenvalue weighted by molar-refractivity contribution is -0.139. The van der Waals surface area contributed by atoms with Gasteiger partial charge in [0.25, 0.3) is 0 Å². The second-order valence-corrected chi connectivity index (χ2v) is 5.39. The number of hydrogen-bond donors (Lipinski definition) is 1. The molecule has 0 amide bonds. The molecule has 0 spiro atoms. The number of carbonyl (C=O) groups excluding carboxylic acids is 1. The molecule has 0 saturated heterocycles. The molecular formula is C18H16O3. The molecule has 2 aromatic carbocycles. The Bertz CT molecular complexity index is 676. The number of ketones is 1. The standard InChI is InChI=1S/C18H16O3/c19-17-14-9-5-4-6-12(14)10-11-15(17)16(18(20)21)13-7-2-1-3-8-13/h1-9,15-16H,10-11H2,(H,20,21). The van der Waals surface area contributed by atoms with Crippen molar-refractivity contribution in [1.29, 1.82) is 0 Å². The highest BCUT2D eigenvalue weighted by Crippen LogP contribution is 2.35. The maximum Gasteiger partial charge on any atom is 0.311 e. The van der Waals surface area contributed by atoms with Gasteiger partial charge in [0.1, 0.15) is 0 Å². The van der Waals surface area contributed by atoms with Crippen molar-refractivity contribution >= 4 is 11.8 Å². The summed E-state index contributed by atoms with van der Waals surface area (Å²) in [5.41, 5.74) is 2.40. The molecule has 0 aliphatic heterocycles. The highest BCUT2D eigenvalue weighted by molar-refractivity contribution is 6.03. The van der Waals surface area contributed by atoms with E-state index in [0.29, 0.717) is 17.5 Å². The molecule has 3 nitrogen and oxygen atoms in total. The first-order valence-electron chi connectivity index (χ1n) is 7.08. The summed E-state index contributed by atoms with van der Waals surface area (Å²) in [5, 5.41) is 9.59. The fraction of sp³-hybridized carbons (Fsp3) is 0.222. The minimum atomic E-state index is -0.932. The summed E-state index contributed by atoms with van der Waals surface area (Å²) in [6.45, 7) is 0. The Hall–Kier alpha value is -2.42. The first kappa shape index (κ1) is 13.6. The summed E-state index contributed by atoms with van der Waals surface area (Å²) in [5.74, 6) is -2.24. The van der Waals surface area contributed by atoms with Crippen molar-refractivity contribution in [3.63, 3.8) is 0 Å². The van der Waals surface area contributed by atoms with E-state index in [2.05, 4.69) is 0 Å². The third-order valence-electron chi connectivity index (χ3n) is 4.17. The lowest BCUT2D eigenvalue weighted by Crippen LogP contribution is -2.32. The largest absolute Gasteiger partial charge is 0.481 e. The Morgan fingerprint density at radius 3 is 2.43 bits per heavy atom. The molecule has 0 heterocycles. The molecule has 0 fully saturated rings. The van der Waals surface area contributed by atoms with Crippen LogP contribution < -0.4 is 0 Å². The fourth-order valence-electron chi connectivity index (χ4n) is 3.15. The molecular weight excluding hydrogens is 264 g/mol. The van der Waals surface area contributed by atoms with Crippen LogP contribution in [0.3, 0.4) is 0 Å². The van der Waals surface area contributed by atoms with Crippen LogP contribution in [0.4, 0.5) is 0 Å². The smallest absolute Gasteiger partial charge is 0.311 e. The molecule has 0 saturated carbocycles. The fourth-order valence-corrected chi connectivity index (χ4v) is 3.15. The topological polar surface area (TPSA) is 54.4 Å². The van der Waals surface area contributed by atoms with Crippen molar-refractivity contribution in [1.82, 2.24) is 0 Å². The van der Waals surface area contributed by atoms with Gasteiger partial charge in [-0.3, -0.25) is 9.59 Å². The third kappa shape index (κ3) is 2.47. The minimum Gasteiger partial charge on any atom is -0.481 e. The quantitative estimate of drug-likeness (QED) is 0.938. The Balaban J connectivity index is 1.99. The van der Waals surface area contributed by atoms with Gasteiger partial charge in [0.05, 0.1) is 5.92 Å². The number of carboxylic acids is 1. The molecule has 1 N–H and O–H groups in total. The van der Waals surface area contributed by atoms with E-state index in [9.17, 15) is 14.7 Å². The van der Waals surface area contributed by atoms with Crippen LogP contribution in [-0.2, 0) is 11.2 Å². The number of carbonyl (C=O) groups is 2. The van der Waals surface area contributed by atoms with Crippen molar-refractivity contribution in [3.8, 4) is 0 Å². The van der Waals surface area contributed by atoms with Gasteiger partial charge in [-0.05, 0) is 24.0 Å². The van der Waals surface area contributed by atoms with Crippen molar-refractivity contribution in [2.75, 3.05) is 0 Å². The van der Waals surface area contributed by atoms with Gasteiger partial charge in [0.2, 0.25) is 0 Å². The number of aryl methyl sites for hydroxylation is 1.